The first kappa shape index (κ1) is 15.9. The molecule has 0 fully saturated rings. The Balaban J connectivity index is 0.00000176. The number of aromatic hydroxyl groups is 1. The second-order valence-corrected chi connectivity index (χ2v) is 4.87. The monoisotopic (exact) mass is 316 g/mol. The van der Waals surface area contributed by atoms with E-state index in [0.717, 1.165) is 33.7 Å². The van der Waals surface area contributed by atoms with Crippen molar-refractivity contribution in [2.45, 2.75) is 6.92 Å². The summed E-state index contributed by atoms with van der Waals surface area (Å²) < 4.78 is 5.28. The van der Waals surface area contributed by atoms with Gasteiger partial charge in [0, 0.05) is 22.5 Å². The average molecular weight is 317 g/mol. The van der Waals surface area contributed by atoms with Crippen LogP contribution in [0.2, 0.25) is 0 Å². The second kappa shape index (κ2) is 6.54. The lowest BCUT2D eigenvalue weighted by atomic mass is 10.1. The van der Waals surface area contributed by atoms with Crippen molar-refractivity contribution in [3.05, 3.63) is 54.2 Å². The largest absolute Gasteiger partial charge is 0.508 e. The molecule has 1 aromatic heterocycles. The minimum absolute atomic E-state index is 0. The Morgan fingerprint density at radius 1 is 1.05 bits per heavy atom. The molecule has 0 unspecified atom stereocenters. The highest BCUT2D eigenvalue weighted by atomic mass is 35.5. The van der Waals surface area contributed by atoms with Crippen molar-refractivity contribution >= 4 is 34.7 Å². The Morgan fingerprint density at radius 2 is 1.77 bits per heavy atom. The summed E-state index contributed by atoms with van der Waals surface area (Å²) in [5.74, 6) is 1.04. The molecular weight excluding hydrogens is 300 g/mol. The summed E-state index contributed by atoms with van der Waals surface area (Å²) >= 11 is 0. The number of benzene rings is 2. The molecule has 0 aliphatic rings. The van der Waals surface area contributed by atoms with Gasteiger partial charge < -0.3 is 15.2 Å². The predicted octanol–water partition coefficient (Wildman–Crippen LogP) is 4.42. The predicted molar refractivity (Wildman–Crippen MR) is 91.7 cm³/mol. The number of hydrogen-bond donors (Lipinski definition) is 2. The zero-order valence-corrected chi connectivity index (χ0v) is 13.1. The van der Waals surface area contributed by atoms with Gasteiger partial charge in [-0.25, -0.2) is 0 Å². The van der Waals surface area contributed by atoms with Gasteiger partial charge in [0.25, 0.3) is 0 Å². The number of aryl methyl sites for hydroxylation is 1. The summed E-state index contributed by atoms with van der Waals surface area (Å²) in [7, 11) is 1.65. The van der Waals surface area contributed by atoms with Crippen molar-refractivity contribution in [2.75, 3.05) is 12.4 Å². The Morgan fingerprint density at radius 3 is 2.45 bits per heavy atom. The molecular formula is C17H17ClN2O2. The third-order valence-electron chi connectivity index (χ3n) is 3.29. The van der Waals surface area contributed by atoms with E-state index < -0.39 is 0 Å². The van der Waals surface area contributed by atoms with Gasteiger partial charge in [0.2, 0.25) is 0 Å². The first-order chi connectivity index (χ1) is 10.2. The van der Waals surface area contributed by atoms with Crippen LogP contribution in [0.5, 0.6) is 11.5 Å². The van der Waals surface area contributed by atoms with Crippen molar-refractivity contribution in [3.63, 3.8) is 0 Å². The van der Waals surface area contributed by atoms with Crippen LogP contribution in [-0.2, 0) is 0 Å². The number of nitrogens with zero attached hydrogens (tertiary/aromatic N) is 1. The Labute approximate surface area is 135 Å². The molecule has 0 aliphatic carbocycles. The molecule has 3 aromatic rings. The van der Waals surface area contributed by atoms with Crippen molar-refractivity contribution in [2.24, 2.45) is 0 Å². The topological polar surface area (TPSA) is 54.4 Å². The van der Waals surface area contributed by atoms with Crippen LogP contribution in [0.3, 0.4) is 0 Å². The van der Waals surface area contributed by atoms with E-state index in [4.69, 9.17) is 4.74 Å². The standard InChI is InChI=1S/C17H16N2O2.ClH/c1-11-9-17(19-12-3-5-13(20)6-4-12)15-10-14(21-2)7-8-16(15)18-11;/h3-10,20H,1-2H3,(H,18,19);1H. The number of hydrogen-bond acceptors (Lipinski definition) is 4. The SMILES string of the molecule is COc1ccc2nc(C)cc(Nc3ccc(O)cc3)c2c1.Cl. The van der Waals surface area contributed by atoms with Crippen LogP contribution in [0.25, 0.3) is 10.9 Å². The number of rotatable bonds is 3. The second-order valence-electron chi connectivity index (χ2n) is 4.87. The molecule has 2 N–H and O–H groups in total. The molecule has 3 rings (SSSR count). The number of nitrogens with one attached hydrogen (secondary N) is 1. The van der Waals surface area contributed by atoms with Gasteiger partial charge in [0.1, 0.15) is 11.5 Å². The molecule has 5 heteroatoms. The van der Waals surface area contributed by atoms with Gasteiger partial charge in [0.15, 0.2) is 0 Å². The zero-order chi connectivity index (χ0) is 14.8. The van der Waals surface area contributed by atoms with Gasteiger partial charge in [-0.1, -0.05) is 0 Å². The molecule has 1 heterocycles. The van der Waals surface area contributed by atoms with E-state index >= 15 is 0 Å². The lowest BCUT2D eigenvalue weighted by Gasteiger charge is -2.12. The summed E-state index contributed by atoms with van der Waals surface area (Å²) in [6.07, 6.45) is 0. The fourth-order valence-electron chi connectivity index (χ4n) is 2.27. The zero-order valence-electron chi connectivity index (χ0n) is 12.3. The molecule has 0 saturated heterocycles. The maximum atomic E-state index is 9.35. The van der Waals surface area contributed by atoms with Gasteiger partial charge >= 0.3 is 0 Å². The first-order valence-corrected chi connectivity index (χ1v) is 6.67. The summed E-state index contributed by atoms with van der Waals surface area (Å²) in [5.41, 5.74) is 3.72. The molecule has 4 nitrogen and oxygen atoms in total. The van der Waals surface area contributed by atoms with Gasteiger partial charge in [-0.3, -0.25) is 4.98 Å². The van der Waals surface area contributed by atoms with Gasteiger partial charge in [-0.15, -0.1) is 12.4 Å². The summed E-state index contributed by atoms with van der Waals surface area (Å²) in [5, 5.41) is 13.7. The van der Waals surface area contributed by atoms with Gasteiger partial charge in [-0.05, 0) is 55.5 Å². The third-order valence-corrected chi connectivity index (χ3v) is 3.29. The van der Waals surface area contributed by atoms with Crippen LogP contribution in [0.1, 0.15) is 5.69 Å². The molecule has 0 saturated carbocycles. The number of halogens is 1. The van der Waals surface area contributed by atoms with E-state index in [1.165, 1.54) is 0 Å². The van der Waals surface area contributed by atoms with E-state index in [1.807, 2.05) is 43.3 Å². The summed E-state index contributed by atoms with van der Waals surface area (Å²) in [6.45, 7) is 1.96. The quantitative estimate of drug-likeness (QED) is 0.702. The number of ether oxygens (including phenoxy) is 1. The van der Waals surface area contributed by atoms with Gasteiger partial charge in [0.05, 0.1) is 12.6 Å². The van der Waals surface area contributed by atoms with Crippen LogP contribution in [0, 0.1) is 6.92 Å². The number of methoxy groups -OCH3 is 1. The van der Waals surface area contributed by atoms with E-state index in [9.17, 15) is 5.11 Å². The lowest BCUT2D eigenvalue weighted by Crippen LogP contribution is -1.95. The molecule has 0 amide bonds. The number of anilines is 2. The highest BCUT2D eigenvalue weighted by Crippen LogP contribution is 2.29. The first-order valence-electron chi connectivity index (χ1n) is 6.67. The fourth-order valence-corrected chi connectivity index (χ4v) is 2.27. The van der Waals surface area contributed by atoms with Crippen LogP contribution in [-0.4, -0.2) is 17.2 Å². The minimum atomic E-state index is 0. The third kappa shape index (κ3) is 3.23. The van der Waals surface area contributed by atoms with Crippen molar-refractivity contribution < 1.29 is 9.84 Å². The van der Waals surface area contributed by atoms with Gasteiger partial charge in [-0.2, -0.15) is 0 Å². The van der Waals surface area contributed by atoms with E-state index in [1.54, 1.807) is 19.2 Å². The van der Waals surface area contributed by atoms with Crippen LogP contribution >= 0.6 is 12.4 Å². The Bertz CT molecular complexity index is 789. The highest BCUT2D eigenvalue weighted by Gasteiger charge is 2.06. The molecule has 0 spiro atoms. The number of phenols is 1. The smallest absolute Gasteiger partial charge is 0.119 e. The normalized spacial score (nSPS) is 10.1. The van der Waals surface area contributed by atoms with Crippen molar-refractivity contribution in [1.29, 1.82) is 0 Å². The van der Waals surface area contributed by atoms with Crippen molar-refractivity contribution in [1.82, 2.24) is 4.98 Å². The molecule has 0 radical (unpaired) electrons. The van der Waals surface area contributed by atoms with Crippen LogP contribution < -0.4 is 10.1 Å². The molecule has 114 valence electrons. The van der Waals surface area contributed by atoms with Crippen LogP contribution in [0.15, 0.2) is 48.5 Å². The Kier molecular flexibility index (Phi) is 4.73. The molecule has 0 bridgehead atoms. The molecule has 22 heavy (non-hydrogen) atoms. The number of pyridine rings is 1. The maximum Gasteiger partial charge on any atom is 0.119 e. The molecule has 2 aromatic carbocycles. The highest BCUT2D eigenvalue weighted by molar-refractivity contribution is 5.94. The van der Waals surface area contributed by atoms with Crippen LogP contribution in [0.4, 0.5) is 11.4 Å². The number of fused-ring (bicyclic) bond motifs is 1. The fraction of sp³-hybridized carbons (Fsp3) is 0.118. The lowest BCUT2D eigenvalue weighted by molar-refractivity contribution is 0.415. The van der Waals surface area contributed by atoms with Crippen molar-refractivity contribution in [3.8, 4) is 11.5 Å². The Hall–Kier alpha value is -2.46. The summed E-state index contributed by atoms with van der Waals surface area (Å²) in [6, 6.07) is 14.8. The van der Waals surface area contributed by atoms with E-state index in [0.29, 0.717) is 0 Å². The number of phenolic OH excluding ortho intramolecular Hbond substituents is 1. The summed E-state index contributed by atoms with van der Waals surface area (Å²) in [4.78, 5) is 4.53. The molecule has 0 aliphatic heterocycles. The van der Waals surface area contributed by atoms with E-state index in [-0.39, 0.29) is 18.2 Å². The minimum Gasteiger partial charge on any atom is -0.508 e. The molecule has 0 atom stereocenters. The average Bonchev–Trinajstić information content (AvgIpc) is 2.49. The number of aromatic nitrogens is 1. The maximum absolute atomic E-state index is 9.35. The van der Waals surface area contributed by atoms with E-state index in [2.05, 4.69) is 10.3 Å².